The number of aryl methyl sites for hydroxylation is 2. The Balaban J connectivity index is 1.98. The SMILES string of the molecule is CCc1ccc(C(N)c2cc3cccc(C)c3o2)cc1. The van der Waals surface area contributed by atoms with Crippen molar-refractivity contribution in [1.82, 2.24) is 0 Å². The maximum Gasteiger partial charge on any atom is 0.137 e. The van der Waals surface area contributed by atoms with Crippen LogP contribution in [0.2, 0.25) is 0 Å². The Morgan fingerprint density at radius 1 is 1.10 bits per heavy atom. The van der Waals surface area contributed by atoms with Crippen LogP contribution in [0.1, 0.15) is 35.4 Å². The van der Waals surface area contributed by atoms with Crippen LogP contribution in [-0.2, 0) is 6.42 Å². The lowest BCUT2D eigenvalue weighted by molar-refractivity contribution is 0.523. The minimum Gasteiger partial charge on any atom is -0.459 e. The molecular formula is C18H19NO. The quantitative estimate of drug-likeness (QED) is 0.764. The summed E-state index contributed by atoms with van der Waals surface area (Å²) in [5.74, 6) is 0.818. The molecule has 20 heavy (non-hydrogen) atoms. The predicted octanol–water partition coefficient (Wildman–Crippen LogP) is 4.35. The van der Waals surface area contributed by atoms with E-state index in [-0.39, 0.29) is 6.04 Å². The van der Waals surface area contributed by atoms with E-state index in [4.69, 9.17) is 10.2 Å². The lowest BCUT2D eigenvalue weighted by atomic mass is 10.0. The van der Waals surface area contributed by atoms with Gasteiger partial charge in [0.2, 0.25) is 0 Å². The van der Waals surface area contributed by atoms with Crippen LogP contribution in [0.15, 0.2) is 52.9 Å². The van der Waals surface area contributed by atoms with Gasteiger partial charge in [-0.05, 0) is 36.1 Å². The Labute approximate surface area is 119 Å². The highest BCUT2D eigenvalue weighted by molar-refractivity contribution is 5.81. The Morgan fingerprint density at radius 3 is 2.50 bits per heavy atom. The Hall–Kier alpha value is -2.06. The first-order valence-corrected chi connectivity index (χ1v) is 7.02. The molecule has 2 N–H and O–H groups in total. The van der Waals surface area contributed by atoms with E-state index in [1.807, 2.05) is 12.1 Å². The fourth-order valence-electron chi connectivity index (χ4n) is 2.51. The molecule has 0 saturated carbocycles. The van der Waals surface area contributed by atoms with Crippen molar-refractivity contribution >= 4 is 11.0 Å². The van der Waals surface area contributed by atoms with Gasteiger partial charge in [0.05, 0.1) is 6.04 Å². The van der Waals surface area contributed by atoms with Crippen LogP contribution in [0, 0.1) is 6.92 Å². The molecule has 0 radical (unpaired) electrons. The second-order valence-electron chi connectivity index (χ2n) is 5.21. The van der Waals surface area contributed by atoms with Crippen molar-refractivity contribution in [1.29, 1.82) is 0 Å². The molecule has 1 aromatic heterocycles. The summed E-state index contributed by atoms with van der Waals surface area (Å²) in [6.45, 7) is 4.20. The van der Waals surface area contributed by atoms with Gasteiger partial charge in [0.25, 0.3) is 0 Å². The van der Waals surface area contributed by atoms with Gasteiger partial charge < -0.3 is 10.2 Å². The third-order valence-electron chi connectivity index (χ3n) is 3.81. The van der Waals surface area contributed by atoms with Crippen molar-refractivity contribution < 1.29 is 4.42 Å². The van der Waals surface area contributed by atoms with Crippen LogP contribution in [0.4, 0.5) is 0 Å². The van der Waals surface area contributed by atoms with Crippen molar-refractivity contribution in [3.63, 3.8) is 0 Å². The highest BCUT2D eigenvalue weighted by atomic mass is 16.3. The van der Waals surface area contributed by atoms with Gasteiger partial charge >= 0.3 is 0 Å². The maximum absolute atomic E-state index is 6.33. The molecule has 0 bridgehead atoms. The molecular weight excluding hydrogens is 246 g/mol. The number of hydrogen-bond acceptors (Lipinski definition) is 2. The zero-order valence-corrected chi connectivity index (χ0v) is 11.9. The average molecular weight is 265 g/mol. The van der Waals surface area contributed by atoms with E-state index in [2.05, 4.69) is 50.2 Å². The lowest BCUT2D eigenvalue weighted by Crippen LogP contribution is -2.10. The molecule has 1 atom stereocenters. The molecule has 102 valence electrons. The summed E-state index contributed by atoms with van der Waals surface area (Å²) in [7, 11) is 0. The number of benzene rings is 2. The Kier molecular flexibility index (Phi) is 3.33. The summed E-state index contributed by atoms with van der Waals surface area (Å²) in [5.41, 5.74) is 10.8. The second-order valence-corrected chi connectivity index (χ2v) is 5.21. The molecule has 0 aliphatic heterocycles. The van der Waals surface area contributed by atoms with Crippen LogP contribution in [0.25, 0.3) is 11.0 Å². The van der Waals surface area contributed by atoms with Crippen molar-refractivity contribution in [3.8, 4) is 0 Å². The zero-order chi connectivity index (χ0) is 14.1. The zero-order valence-electron chi connectivity index (χ0n) is 11.9. The minimum atomic E-state index is -0.215. The number of para-hydroxylation sites is 1. The predicted molar refractivity (Wildman–Crippen MR) is 82.8 cm³/mol. The lowest BCUT2D eigenvalue weighted by Gasteiger charge is -2.09. The van der Waals surface area contributed by atoms with E-state index < -0.39 is 0 Å². The first-order chi connectivity index (χ1) is 9.69. The molecule has 0 aliphatic carbocycles. The molecule has 0 spiro atoms. The fraction of sp³-hybridized carbons (Fsp3) is 0.222. The summed E-state index contributed by atoms with van der Waals surface area (Å²) in [6.07, 6.45) is 1.04. The number of nitrogens with two attached hydrogens (primary N) is 1. The van der Waals surface area contributed by atoms with Crippen molar-refractivity contribution in [2.75, 3.05) is 0 Å². The van der Waals surface area contributed by atoms with Gasteiger partial charge in [-0.1, -0.05) is 49.4 Å². The number of fused-ring (bicyclic) bond motifs is 1. The monoisotopic (exact) mass is 265 g/mol. The van der Waals surface area contributed by atoms with Gasteiger partial charge in [0.15, 0.2) is 0 Å². The topological polar surface area (TPSA) is 39.2 Å². The molecule has 0 amide bonds. The van der Waals surface area contributed by atoms with Crippen molar-refractivity contribution in [2.45, 2.75) is 26.3 Å². The molecule has 3 aromatic rings. The number of hydrogen-bond donors (Lipinski definition) is 1. The second kappa shape index (κ2) is 5.14. The highest BCUT2D eigenvalue weighted by Crippen LogP contribution is 2.28. The van der Waals surface area contributed by atoms with Crippen LogP contribution >= 0.6 is 0 Å². The third-order valence-corrected chi connectivity index (χ3v) is 3.81. The van der Waals surface area contributed by atoms with Gasteiger partial charge in [-0.25, -0.2) is 0 Å². The largest absolute Gasteiger partial charge is 0.459 e. The van der Waals surface area contributed by atoms with Gasteiger partial charge in [0, 0.05) is 5.39 Å². The van der Waals surface area contributed by atoms with Crippen molar-refractivity contribution in [2.24, 2.45) is 5.73 Å². The Bertz CT molecular complexity index is 725. The summed E-state index contributed by atoms with van der Waals surface area (Å²) in [4.78, 5) is 0. The molecule has 1 unspecified atom stereocenters. The van der Waals surface area contributed by atoms with Crippen LogP contribution in [-0.4, -0.2) is 0 Å². The molecule has 0 aliphatic rings. The molecule has 2 aromatic carbocycles. The molecule has 0 saturated heterocycles. The molecule has 0 fully saturated rings. The van der Waals surface area contributed by atoms with E-state index in [0.717, 1.165) is 34.3 Å². The first kappa shape index (κ1) is 12.9. The fourth-order valence-corrected chi connectivity index (χ4v) is 2.51. The third kappa shape index (κ3) is 2.23. The standard InChI is InChI=1S/C18H19NO/c1-3-13-7-9-14(10-8-13)17(19)16-11-15-6-4-5-12(2)18(15)20-16/h4-11,17H,3,19H2,1-2H3. The van der Waals surface area contributed by atoms with Crippen LogP contribution < -0.4 is 5.73 Å². The van der Waals surface area contributed by atoms with E-state index in [0.29, 0.717) is 0 Å². The summed E-state index contributed by atoms with van der Waals surface area (Å²) in [5, 5.41) is 1.11. The molecule has 2 nitrogen and oxygen atoms in total. The van der Waals surface area contributed by atoms with Gasteiger partial charge in [-0.15, -0.1) is 0 Å². The van der Waals surface area contributed by atoms with E-state index in [9.17, 15) is 0 Å². The molecule has 1 heterocycles. The molecule has 2 heteroatoms. The normalized spacial score (nSPS) is 12.8. The van der Waals surface area contributed by atoms with Crippen LogP contribution in [0.3, 0.4) is 0 Å². The number of furan rings is 1. The smallest absolute Gasteiger partial charge is 0.137 e. The van der Waals surface area contributed by atoms with E-state index in [1.165, 1.54) is 5.56 Å². The Morgan fingerprint density at radius 2 is 1.85 bits per heavy atom. The van der Waals surface area contributed by atoms with E-state index in [1.54, 1.807) is 0 Å². The summed E-state index contributed by atoms with van der Waals surface area (Å²) >= 11 is 0. The minimum absolute atomic E-state index is 0.215. The maximum atomic E-state index is 6.33. The summed E-state index contributed by atoms with van der Waals surface area (Å²) < 4.78 is 5.95. The van der Waals surface area contributed by atoms with Gasteiger partial charge in [0.1, 0.15) is 11.3 Å². The first-order valence-electron chi connectivity index (χ1n) is 7.02. The average Bonchev–Trinajstić information content (AvgIpc) is 2.92. The van der Waals surface area contributed by atoms with Crippen LogP contribution in [0.5, 0.6) is 0 Å². The number of rotatable bonds is 3. The summed E-state index contributed by atoms with van der Waals surface area (Å²) in [6, 6.07) is 16.4. The molecule has 3 rings (SSSR count). The van der Waals surface area contributed by atoms with Gasteiger partial charge in [-0.3, -0.25) is 0 Å². The highest BCUT2D eigenvalue weighted by Gasteiger charge is 2.14. The van der Waals surface area contributed by atoms with Gasteiger partial charge in [-0.2, -0.15) is 0 Å². The van der Waals surface area contributed by atoms with Crippen molar-refractivity contribution in [3.05, 3.63) is 71.0 Å². The van der Waals surface area contributed by atoms with E-state index >= 15 is 0 Å².